The third-order valence-electron chi connectivity index (χ3n) is 2.20. The van der Waals surface area contributed by atoms with E-state index in [2.05, 4.69) is 21.0 Å². The minimum absolute atomic E-state index is 0.409. The summed E-state index contributed by atoms with van der Waals surface area (Å²) in [4.78, 5) is 0. The zero-order valence-corrected chi connectivity index (χ0v) is 10.7. The van der Waals surface area contributed by atoms with Gasteiger partial charge in [-0.1, -0.05) is 23.7 Å². The van der Waals surface area contributed by atoms with Crippen molar-refractivity contribution in [3.8, 4) is 0 Å². The molecule has 0 aliphatic heterocycles. The van der Waals surface area contributed by atoms with E-state index in [1.165, 1.54) is 0 Å². The fraction of sp³-hybridized carbons (Fsp3) is 0.182. The van der Waals surface area contributed by atoms with E-state index in [0.29, 0.717) is 11.6 Å². The average Bonchev–Trinajstić information content (AvgIpc) is 2.64. The number of hydrogen-bond donors (Lipinski definition) is 1. The molecule has 0 saturated carbocycles. The van der Waals surface area contributed by atoms with Gasteiger partial charge in [0.2, 0.25) is 0 Å². The van der Waals surface area contributed by atoms with E-state index in [9.17, 15) is 5.11 Å². The molecule has 0 fully saturated rings. The van der Waals surface area contributed by atoms with Crippen LogP contribution in [0.15, 0.2) is 41.1 Å². The zero-order valence-electron chi connectivity index (χ0n) is 8.35. The van der Waals surface area contributed by atoms with Crippen molar-refractivity contribution < 1.29 is 5.11 Å². The highest BCUT2D eigenvalue weighted by Crippen LogP contribution is 2.19. The number of rotatable bonds is 3. The molecule has 0 amide bonds. The summed E-state index contributed by atoms with van der Waals surface area (Å²) < 4.78 is 2.57. The number of nitrogens with zero attached hydrogens (tertiary/aromatic N) is 2. The summed E-state index contributed by atoms with van der Waals surface area (Å²) in [5, 5.41) is 14.7. The molecule has 0 spiro atoms. The summed E-state index contributed by atoms with van der Waals surface area (Å²) in [5.41, 5.74) is 0.791. The van der Waals surface area contributed by atoms with Crippen molar-refractivity contribution in [2.75, 3.05) is 0 Å². The molecule has 0 radical (unpaired) electrons. The first-order valence-electron chi connectivity index (χ1n) is 4.76. The molecule has 0 aliphatic carbocycles. The topological polar surface area (TPSA) is 38.0 Å². The Kier molecular flexibility index (Phi) is 3.63. The molecule has 3 nitrogen and oxygen atoms in total. The summed E-state index contributed by atoms with van der Waals surface area (Å²) >= 11 is 9.16. The molecule has 5 heteroatoms. The van der Waals surface area contributed by atoms with Gasteiger partial charge < -0.3 is 5.11 Å². The molecule has 2 rings (SSSR count). The van der Waals surface area contributed by atoms with Crippen molar-refractivity contribution in [1.82, 2.24) is 9.78 Å². The summed E-state index contributed by atoms with van der Waals surface area (Å²) in [6.45, 7) is 0.409. The normalized spacial score (nSPS) is 12.7. The van der Waals surface area contributed by atoms with Gasteiger partial charge in [0.05, 0.1) is 23.3 Å². The molecular weight excluding hydrogens is 291 g/mol. The van der Waals surface area contributed by atoms with Gasteiger partial charge in [0.15, 0.2) is 0 Å². The van der Waals surface area contributed by atoms with Gasteiger partial charge in [0.1, 0.15) is 0 Å². The van der Waals surface area contributed by atoms with Crippen LogP contribution in [0.3, 0.4) is 0 Å². The van der Waals surface area contributed by atoms with E-state index in [0.717, 1.165) is 10.0 Å². The Morgan fingerprint density at radius 1 is 1.50 bits per heavy atom. The predicted octanol–water partition coefficient (Wildman–Crippen LogP) is 3.03. The standard InChI is InChI=1S/C11H10BrClN2O/c12-9-5-14-15(6-9)7-11(16)8-2-1-3-10(13)4-8/h1-6,11,16H,7H2/t11-/m0/s1. The Morgan fingerprint density at radius 3 is 2.94 bits per heavy atom. The minimum atomic E-state index is -0.606. The molecule has 16 heavy (non-hydrogen) atoms. The quantitative estimate of drug-likeness (QED) is 0.946. The maximum atomic E-state index is 9.97. The number of hydrogen-bond acceptors (Lipinski definition) is 2. The van der Waals surface area contributed by atoms with Crippen LogP contribution in [0.1, 0.15) is 11.7 Å². The third kappa shape index (κ3) is 2.84. The van der Waals surface area contributed by atoms with Crippen molar-refractivity contribution in [3.05, 3.63) is 51.7 Å². The lowest BCUT2D eigenvalue weighted by atomic mass is 10.1. The van der Waals surface area contributed by atoms with Crippen LogP contribution in [0.4, 0.5) is 0 Å². The van der Waals surface area contributed by atoms with Gasteiger partial charge in [0.25, 0.3) is 0 Å². The van der Waals surface area contributed by atoms with Crippen molar-refractivity contribution in [2.24, 2.45) is 0 Å². The van der Waals surface area contributed by atoms with Gasteiger partial charge in [-0.2, -0.15) is 5.10 Å². The maximum absolute atomic E-state index is 9.97. The molecule has 1 heterocycles. The van der Waals surface area contributed by atoms with Crippen LogP contribution in [-0.2, 0) is 6.54 Å². The highest BCUT2D eigenvalue weighted by Gasteiger charge is 2.09. The highest BCUT2D eigenvalue weighted by atomic mass is 79.9. The van der Waals surface area contributed by atoms with E-state index >= 15 is 0 Å². The van der Waals surface area contributed by atoms with Crippen LogP contribution < -0.4 is 0 Å². The predicted molar refractivity (Wildman–Crippen MR) is 66.3 cm³/mol. The molecule has 1 atom stereocenters. The van der Waals surface area contributed by atoms with E-state index in [4.69, 9.17) is 11.6 Å². The number of benzene rings is 1. The van der Waals surface area contributed by atoms with Crippen LogP contribution in [0, 0.1) is 0 Å². The van der Waals surface area contributed by atoms with Crippen LogP contribution >= 0.6 is 27.5 Å². The largest absolute Gasteiger partial charge is 0.386 e. The first kappa shape index (κ1) is 11.6. The smallest absolute Gasteiger partial charge is 0.0986 e. The summed E-state index contributed by atoms with van der Waals surface area (Å²) in [6.07, 6.45) is 2.89. The number of halogens is 2. The Balaban J connectivity index is 2.11. The second kappa shape index (κ2) is 4.99. The lowest BCUT2D eigenvalue weighted by Crippen LogP contribution is -2.08. The lowest BCUT2D eigenvalue weighted by molar-refractivity contribution is 0.151. The Morgan fingerprint density at radius 2 is 2.31 bits per heavy atom. The Hall–Kier alpha value is -0.840. The summed E-state index contributed by atoms with van der Waals surface area (Å²) in [7, 11) is 0. The molecule has 2 aromatic rings. The van der Waals surface area contributed by atoms with E-state index in [-0.39, 0.29) is 0 Å². The Labute approximate surface area is 107 Å². The van der Waals surface area contributed by atoms with Gasteiger partial charge in [0, 0.05) is 11.2 Å². The molecule has 0 bridgehead atoms. The zero-order chi connectivity index (χ0) is 11.5. The first-order valence-corrected chi connectivity index (χ1v) is 5.94. The fourth-order valence-electron chi connectivity index (χ4n) is 1.43. The molecule has 1 aromatic heterocycles. The number of aliphatic hydroxyl groups excluding tert-OH is 1. The fourth-order valence-corrected chi connectivity index (χ4v) is 1.96. The minimum Gasteiger partial charge on any atom is -0.386 e. The van der Waals surface area contributed by atoms with Gasteiger partial charge >= 0.3 is 0 Å². The summed E-state index contributed by atoms with van der Waals surface area (Å²) in [5.74, 6) is 0. The molecule has 0 saturated heterocycles. The van der Waals surface area contributed by atoms with Crippen LogP contribution in [-0.4, -0.2) is 14.9 Å². The SMILES string of the molecule is O[C@@H](Cn1cc(Br)cn1)c1cccc(Cl)c1. The molecule has 0 aliphatic rings. The molecular formula is C11H10BrClN2O. The molecule has 0 unspecified atom stereocenters. The highest BCUT2D eigenvalue weighted by molar-refractivity contribution is 9.10. The van der Waals surface area contributed by atoms with E-state index < -0.39 is 6.10 Å². The second-order valence-electron chi connectivity index (χ2n) is 3.45. The van der Waals surface area contributed by atoms with Crippen molar-refractivity contribution >= 4 is 27.5 Å². The van der Waals surface area contributed by atoms with Crippen molar-refractivity contribution in [2.45, 2.75) is 12.6 Å². The lowest BCUT2D eigenvalue weighted by Gasteiger charge is -2.11. The van der Waals surface area contributed by atoms with E-state index in [1.54, 1.807) is 23.0 Å². The first-order chi connectivity index (χ1) is 7.65. The number of aliphatic hydroxyl groups is 1. The molecule has 1 aromatic carbocycles. The summed E-state index contributed by atoms with van der Waals surface area (Å²) in [6, 6.07) is 7.20. The van der Waals surface area contributed by atoms with Crippen LogP contribution in [0.5, 0.6) is 0 Å². The van der Waals surface area contributed by atoms with Gasteiger partial charge in [-0.05, 0) is 33.6 Å². The maximum Gasteiger partial charge on any atom is 0.0986 e. The monoisotopic (exact) mass is 300 g/mol. The van der Waals surface area contributed by atoms with E-state index in [1.807, 2.05) is 18.3 Å². The number of aromatic nitrogens is 2. The van der Waals surface area contributed by atoms with Gasteiger partial charge in [-0.15, -0.1) is 0 Å². The third-order valence-corrected chi connectivity index (χ3v) is 2.84. The van der Waals surface area contributed by atoms with Crippen LogP contribution in [0.2, 0.25) is 5.02 Å². The molecule has 84 valence electrons. The molecule has 1 N–H and O–H groups in total. The van der Waals surface area contributed by atoms with Crippen LogP contribution in [0.25, 0.3) is 0 Å². The van der Waals surface area contributed by atoms with Gasteiger partial charge in [-0.3, -0.25) is 4.68 Å². The van der Waals surface area contributed by atoms with Crippen molar-refractivity contribution in [3.63, 3.8) is 0 Å². The average molecular weight is 302 g/mol. The second-order valence-corrected chi connectivity index (χ2v) is 4.80. The van der Waals surface area contributed by atoms with Crippen molar-refractivity contribution in [1.29, 1.82) is 0 Å². The Bertz CT molecular complexity index is 486. The van der Waals surface area contributed by atoms with Gasteiger partial charge in [-0.25, -0.2) is 0 Å².